The van der Waals surface area contributed by atoms with E-state index in [4.69, 9.17) is 29.6 Å². The SMILES string of the molecule is CC(C)(C)OC(=O)NCCO/N=C(\N)N1Cc2ccc(OC[C@H](ON3C(=O)c4ccccc4C3=O)C(=O)OC(c3ccccc3)c3ccccc3)cc2C1. The van der Waals surface area contributed by atoms with Gasteiger partial charge in [-0.25, -0.2) is 14.4 Å². The Hall–Kier alpha value is -6.41. The monoisotopic (exact) mass is 735 g/mol. The summed E-state index contributed by atoms with van der Waals surface area (Å²) in [5.74, 6) is -1.69. The quantitative estimate of drug-likeness (QED) is 0.0469. The number of hydrogen-bond donors (Lipinski definition) is 2. The summed E-state index contributed by atoms with van der Waals surface area (Å²) in [6.07, 6.45) is -2.88. The van der Waals surface area contributed by atoms with Gasteiger partial charge < -0.3 is 35.0 Å². The Morgan fingerprint density at radius 1 is 0.833 bits per heavy atom. The van der Waals surface area contributed by atoms with Crippen LogP contribution < -0.4 is 15.8 Å². The maximum absolute atomic E-state index is 14.0. The summed E-state index contributed by atoms with van der Waals surface area (Å²) in [5.41, 5.74) is 9.20. The maximum Gasteiger partial charge on any atom is 0.407 e. The summed E-state index contributed by atoms with van der Waals surface area (Å²) >= 11 is 0. The van der Waals surface area contributed by atoms with Gasteiger partial charge >= 0.3 is 12.1 Å². The molecule has 0 radical (unpaired) electrons. The number of amides is 3. The number of carbonyl (C=O) groups excluding carboxylic acids is 4. The average molecular weight is 736 g/mol. The lowest BCUT2D eigenvalue weighted by atomic mass is 10.0. The van der Waals surface area contributed by atoms with E-state index in [0.29, 0.717) is 35.0 Å². The van der Waals surface area contributed by atoms with E-state index in [1.165, 1.54) is 12.1 Å². The van der Waals surface area contributed by atoms with E-state index >= 15 is 0 Å². The number of benzene rings is 4. The third-order valence-corrected chi connectivity index (χ3v) is 8.34. The van der Waals surface area contributed by atoms with E-state index in [-0.39, 0.29) is 36.8 Å². The highest BCUT2D eigenvalue weighted by Gasteiger charge is 2.41. The molecule has 6 rings (SSSR count). The third-order valence-electron chi connectivity index (χ3n) is 8.34. The summed E-state index contributed by atoms with van der Waals surface area (Å²) in [7, 11) is 0. The Morgan fingerprint density at radius 2 is 1.43 bits per heavy atom. The highest BCUT2D eigenvalue weighted by Crippen LogP contribution is 2.30. The normalized spacial score (nSPS) is 14.4. The fourth-order valence-electron chi connectivity index (χ4n) is 5.78. The molecule has 0 saturated heterocycles. The number of hydrogen-bond acceptors (Lipinski definition) is 10. The number of guanidine groups is 1. The molecule has 280 valence electrons. The van der Waals surface area contributed by atoms with Crippen molar-refractivity contribution >= 4 is 29.8 Å². The molecule has 0 spiro atoms. The number of hydroxylamine groups is 2. The van der Waals surface area contributed by atoms with Gasteiger partial charge in [-0.3, -0.25) is 9.59 Å². The molecule has 1 atom stereocenters. The predicted molar refractivity (Wildman–Crippen MR) is 196 cm³/mol. The molecule has 2 heterocycles. The Kier molecular flexibility index (Phi) is 11.4. The van der Waals surface area contributed by atoms with Crippen molar-refractivity contribution in [2.75, 3.05) is 19.8 Å². The van der Waals surface area contributed by atoms with Crippen LogP contribution in [0.25, 0.3) is 0 Å². The lowest BCUT2D eigenvalue weighted by Gasteiger charge is -2.25. The minimum atomic E-state index is -1.52. The van der Waals surface area contributed by atoms with Crippen molar-refractivity contribution in [3.8, 4) is 5.75 Å². The standard InChI is InChI=1S/C40H41N5O9/c1-40(2,3)53-39(49)42-20-21-51-43-38(41)44-23-28-18-19-30(22-29(28)24-44)50-25-33(54-45-35(46)31-16-10-11-17-32(31)36(45)47)37(48)52-34(26-12-6-4-7-13-26)27-14-8-5-9-15-27/h4-19,22,33-34H,20-21,23-25H2,1-3H3,(H2,41,43)(H,42,49)/t33-/m0/s1. The number of alkyl carbamates (subject to hydrolysis) is 1. The van der Waals surface area contributed by atoms with Crippen LogP contribution in [0.4, 0.5) is 4.79 Å². The predicted octanol–water partition coefficient (Wildman–Crippen LogP) is 5.08. The van der Waals surface area contributed by atoms with Gasteiger partial charge in [0.05, 0.1) is 17.7 Å². The molecule has 54 heavy (non-hydrogen) atoms. The van der Waals surface area contributed by atoms with E-state index in [1.54, 1.807) is 49.9 Å². The zero-order valence-electron chi connectivity index (χ0n) is 30.1. The second-order valence-electron chi connectivity index (χ2n) is 13.5. The van der Waals surface area contributed by atoms with Crippen molar-refractivity contribution in [2.45, 2.75) is 51.7 Å². The van der Waals surface area contributed by atoms with Crippen LogP contribution in [-0.4, -0.2) is 71.3 Å². The molecule has 0 bridgehead atoms. The van der Waals surface area contributed by atoms with Crippen LogP contribution in [0.1, 0.15) is 69.8 Å². The minimum Gasteiger partial charge on any atom is -0.490 e. The largest absolute Gasteiger partial charge is 0.490 e. The van der Waals surface area contributed by atoms with Gasteiger partial charge in [-0.15, -0.1) is 5.06 Å². The summed E-state index contributed by atoms with van der Waals surface area (Å²) in [4.78, 5) is 65.2. The lowest BCUT2D eigenvalue weighted by Crippen LogP contribution is -2.42. The molecular weight excluding hydrogens is 694 g/mol. The highest BCUT2D eigenvalue weighted by molar-refractivity contribution is 6.20. The van der Waals surface area contributed by atoms with Gasteiger partial charge in [0.2, 0.25) is 12.1 Å². The Labute approximate surface area is 312 Å². The van der Waals surface area contributed by atoms with E-state index in [9.17, 15) is 19.2 Å². The molecule has 0 unspecified atom stereocenters. The Morgan fingerprint density at radius 3 is 2.04 bits per heavy atom. The van der Waals surface area contributed by atoms with Gasteiger partial charge in [0, 0.05) is 13.1 Å². The fraction of sp³-hybridized carbons (Fsp3) is 0.275. The van der Waals surface area contributed by atoms with Crippen molar-refractivity contribution in [3.05, 3.63) is 137 Å². The topological polar surface area (TPSA) is 171 Å². The number of rotatable bonds is 13. The van der Waals surface area contributed by atoms with E-state index < -0.39 is 41.7 Å². The van der Waals surface area contributed by atoms with Crippen LogP contribution in [-0.2, 0) is 37.0 Å². The zero-order valence-corrected chi connectivity index (χ0v) is 30.1. The molecule has 14 nitrogen and oxygen atoms in total. The number of fused-ring (bicyclic) bond motifs is 2. The third kappa shape index (κ3) is 9.14. The van der Waals surface area contributed by atoms with Crippen molar-refractivity contribution in [3.63, 3.8) is 0 Å². The van der Waals surface area contributed by atoms with Crippen LogP contribution in [0.3, 0.4) is 0 Å². The van der Waals surface area contributed by atoms with Crippen molar-refractivity contribution < 1.29 is 43.1 Å². The van der Waals surface area contributed by atoms with Crippen molar-refractivity contribution in [2.24, 2.45) is 10.9 Å². The molecule has 0 aromatic heterocycles. The number of esters is 1. The second-order valence-corrected chi connectivity index (χ2v) is 13.5. The zero-order chi connectivity index (χ0) is 38.2. The van der Waals surface area contributed by atoms with Crippen LogP contribution in [0.15, 0.2) is 108 Å². The molecule has 2 aliphatic heterocycles. The first-order valence-corrected chi connectivity index (χ1v) is 17.3. The van der Waals surface area contributed by atoms with Gasteiger partial charge in [0.25, 0.3) is 11.8 Å². The number of imide groups is 1. The van der Waals surface area contributed by atoms with Gasteiger partial charge in [-0.05, 0) is 72.4 Å². The second kappa shape index (κ2) is 16.5. The van der Waals surface area contributed by atoms with Gasteiger partial charge in [-0.1, -0.05) is 78.9 Å². The summed E-state index contributed by atoms with van der Waals surface area (Å²) in [5, 5.41) is 7.14. The first-order chi connectivity index (χ1) is 26.0. The van der Waals surface area contributed by atoms with Gasteiger partial charge in [0.1, 0.15) is 24.6 Å². The molecule has 0 aliphatic carbocycles. The van der Waals surface area contributed by atoms with E-state index in [1.807, 2.05) is 66.7 Å². The summed E-state index contributed by atoms with van der Waals surface area (Å²) < 4.78 is 17.3. The van der Waals surface area contributed by atoms with Crippen LogP contribution in [0.2, 0.25) is 0 Å². The molecule has 3 amide bonds. The molecule has 14 heteroatoms. The number of nitrogens with zero attached hydrogens (tertiary/aromatic N) is 3. The Balaban J connectivity index is 1.12. The number of carbonyl (C=O) groups is 4. The molecule has 4 aromatic carbocycles. The van der Waals surface area contributed by atoms with Crippen molar-refractivity contribution in [1.29, 1.82) is 0 Å². The minimum absolute atomic E-state index is 0.0859. The van der Waals surface area contributed by atoms with E-state index in [0.717, 1.165) is 11.1 Å². The van der Waals surface area contributed by atoms with Gasteiger partial charge in [-0.2, -0.15) is 0 Å². The molecule has 3 N–H and O–H groups in total. The van der Waals surface area contributed by atoms with E-state index in [2.05, 4.69) is 10.5 Å². The maximum atomic E-state index is 14.0. The fourth-order valence-corrected chi connectivity index (χ4v) is 5.78. The Bertz CT molecular complexity index is 1940. The van der Waals surface area contributed by atoms with Gasteiger partial charge in [0.15, 0.2) is 6.10 Å². The van der Waals surface area contributed by atoms with Crippen LogP contribution in [0.5, 0.6) is 5.75 Å². The highest BCUT2D eigenvalue weighted by atomic mass is 16.7. The number of nitrogens with one attached hydrogen (secondary N) is 1. The molecule has 0 saturated carbocycles. The lowest BCUT2D eigenvalue weighted by molar-refractivity contribution is -0.187. The van der Waals surface area contributed by atoms with Crippen LogP contribution >= 0.6 is 0 Å². The van der Waals surface area contributed by atoms with Crippen LogP contribution in [0, 0.1) is 0 Å². The average Bonchev–Trinajstić information content (AvgIpc) is 3.69. The smallest absolute Gasteiger partial charge is 0.407 e. The molecule has 4 aromatic rings. The molecular formula is C40H41N5O9. The number of oxime groups is 1. The first-order valence-electron chi connectivity index (χ1n) is 17.3. The number of nitrogens with two attached hydrogens (primary N) is 1. The number of ether oxygens (including phenoxy) is 3. The molecule has 0 fully saturated rings. The summed E-state index contributed by atoms with van der Waals surface area (Å²) in [6, 6.07) is 30.1. The molecule has 2 aliphatic rings. The van der Waals surface area contributed by atoms with Crippen molar-refractivity contribution in [1.82, 2.24) is 15.3 Å². The summed E-state index contributed by atoms with van der Waals surface area (Å²) in [6.45, 7) is 6.05. The first kappa shape index (κ1) is 37.4.